The fourth-order valence-corrected chi connectivity index (χ4v) is 2.85. The molecular formula is C17H15BrN2O4. The Kier molecular flexibility index (Phi) is 4.71. The maximum absolute atomic E-state index is 12.3. The van der Waals surface area contributed by atoms with Crippen LogP contribution >= 0.6 is 15.9 Å². The normalized spacial score (nSPS) is 11.9. The minimum Gasteiger partial charge on any atom is -0.454 e. The van der Waals surface area contributed by atoms with Gasteiger partial charge in [0.25, 0.3) is 0 Å². The van der Waals surface area contributed by atoms with Crippen LogP contribution < -0.4 is 19.7 Å². The molecule has 2 amide bonds. The fraction of sp³-hybridized carbons (Fsp3) is 0.176. The molecule has 1 aliphatic rings. The topological polar surface area (TPSA) is 67.9 Å². The number of carbonyl (C=O) groups is 2. The van der Waals surface area contributed by atoms with E-state index in [0.29, 0.717) is 22.9 Å². The number of amides is 2. The number of rotatable bonds is 4. The number of nitrogens with zero attached hydrogens (tertiary/aromatic N) is 1. The highest BCUT2D eigenvalue weighted by molar-refractivity contribution is 9.10. The molecule has 0 aromatic heterocycles. The van der Waals surface area contributed by atoms with Crippen LogP contribution in [0, 0.1) is 0 Å². The van der Waals surface area contributed by atoms with Gasteiger partial charge in [0.1, 0.15) is 6.54 Å². The Balaban J connectivity index is 1.72. The number of hydrogen-bond donors (Lipinski definition) is 1. The van der Waals surface area contributed by atoms with Crippen molar-refractivity contribution in [3.63, 3.8) is 0 Å². The van der Waals surface area contributed by atoms with Crippen LogP contribution in [0.2, 0.25) is 0 Å². The molecule has 0 radical (unpaired) electrons. The van der Waals surface area contributed by atoms with E-state index in [1.807, 2.05) is 18.2 Å². The van der Waals surface area contributed by atoms with E-state index in [2.05, 4.69) is 21.2 Å². The van der Waals surface area contributed by atoms with E-state index in [1.165, 1.54) is 11.8 Å². The summed E-state index contributed by atoms with van der Waals surface area (Å²) in [6, 6.07) is 12.4. The third-order valence-corrected chi connectivity index (χ3v) is 4.15. The van der Waals surface area contributed by atoms with E-state index in [4.69, 9.17) is 9.47 Å². The maximum atomic E-state index is 12.3. The van der Waals surface area contributed by atoms with Crippen molar-refractivity contribution in [3.05, 3.63) is 46.9 Å². The first-order chi connectivity index (χ1) is 11.5. The number of ether oxygens (including phenoxy) is 2. The van der Waals surface area contributed by atoms with E-state index in [1.54, 1.807) is 24.3 Å². The van der Waals surface area contributed by atoms with Crippen molar-refractivity contribution in [1.29, 1.82) is 0 Å². The summed E-state index contributed by atoms with van der Waals surface area (Å²) in [7, 11) is 0. The fourth-order valence-electron chi connectivity index (χ4n) is 2.36. The lowest BCUT2D eigenvalue weighted by Crippen LogP contribution is -2.36. The largest absolute Gasteiger partial charge is 0.454 e. The Labute approximate surface area is 147 Å². The van der Waals surface area contributed by atoms with Gasteiger partial charge in [0, 0.05) is 23.2 Å². The van der Waals surface area contributed by atoms with Crippen molar-refractivity contribution in [3.8, 4) is 11.5 Å². The van der Waals surface area contributed by atoms with Crippen LogP contribution in [0.3, 0.4) is 0 Å². The molecule has 2 aromatic rings. The molecule has 0 atom stereocenters. The lowest BCUT2D eigenvalue weighted by atomic mass is 10.2. The first kappa shape index (κ1) is 16.3. The minimum absolute atomic E-state index is 0.0909. The molecule has 1 heterocycles. The summed E-state index contributed by atoms with van der Waals surface area (Å²) in [5.41, 5.74) is 1.23. The quantitative estimate of drug-likeness (QED) is 0.870. The summed E-state index contributed by atoms with van der Waals surface area (Å²) < 4.78 is 11.3. The van der Waals surface area contributed by atoms with Gasteiger partial charge >= 0.3 is 0 Å². The van der Waals surface area contributed by atoms with Crippen LogP contribution in [0.15, 0.2) is 46.9 Å². The van der Waals surface area contributed by atoms with Crippen molar-refractivity contribution < 1.29 is 19.1 Å². The summed E-state index contributed by atoms with van der Waals surface area (Å²) in [6.45, 7) is 1.51. The van der Waals surface area contributed by atoms with Crippen LogP contribution in [0.1, 0.15) is 6.92 Å². The highest BCUT2D eigenvalue weighted by atomic mass is 79.9. The van der Waals surface area contributed by atoms with Gasteiger partial charge in [-0.2, -0.15) is 0 Å². The average Bonchev–Trinajstić information content (AvgIpc) is 3.01. The van der Waals surface area contributed by atoms with Gasteiger partial charge in [0.2, 0.25) is 18.6 Å². The highest BCUT2D eigenvalue weighted by Gasteiger charge is 2.19. The van der Waals surface area contributed by atoms with Gasteiger partial charge in [0.15, 0.2) is 11.5 Å². The molecule has 7 heteroatoms. The van der Waals surface area contributed by atoms with Gasteiger partial charge in [-0.05, 0) is 40.2 Å². The summed E-state index contributed by atoms with van der Waals surface area (Å²) in [6.07, 6.45) is 0. The van der Waals surface area contributed by atoms with Gasteiger partial charge < -0.3 is 19.7 Å². The second-order valence-electron chi connectivity index (χ2n) is 5.17. The zero-order valence-corrected chi connectivity index (χ0v) is 14.5. The number of hydrogen-bond acceptors (Lipinski definition) is 4. The van der Waals surface area contributed by atoms with Gasteiger partial charge in [0.05, 0.1) is 5.69 Å². The van der Waals surface area contributed by atoms with Crippen LogP contribution in [0.4, 0.5) is 11.4 Å². The van der Waals surface area contributed by atoms with Crippen molar-refractivity contribution in [1.82, 2.24) is 0 Å². The van der Waals surface area contributed by atoms with E-state index < -0.39 is 0 Å². The van der Waals surface area contributed by atoms with Gasteiger partial charge in [-0.15, -0.1) is 0 Å². The third-order valence-electron chi connectivity index (χ3n) is 3.48. The maximum Gasteiger partial charge on any atom is 0.244 e. The second-order valence-corrected chi connectivity index (χ2v) is 6.03. The summed E-state index contributed by atoms with van der Waals surface area (Å²) in [5.74, 6) is 0.705. The molecule has 0 bridgehead atoms. The first-order valence-corrected chi connectivity index (χ1v) is 8.06. The molecule has 1 aliphatic heterocycles. The monoisotopic (exact) mass is 390 g/mol. The first-order valence-electron chi connectivity index (χ1n) is 7.27. The van der Waals surface area contributed by atoms with Crippen molar-refractivity contribution in [2.24, 2.45) is 0 Å². The van der Waals surface area contributed by atoms with Crippen LogP contribution in [0.5, 0.6) is 11.5 Å². The molecule has 0 aliphatic carbocycles. The Morgan fingerprint density at radius 1 is 1.17 bits per heavy atom. The van der Waals surface area contributed by atoms with E-state index in [0.717, 1.165) is 4.47 Å². The summed E-state index contributed by atoms with van der Waals surface area (Å²) in [5, 5.41) is 2.76. The predicted molar refractivity (Wildman–Crippen MR) is 93.4 cm³/mol. The molecule has 0 fully saturated rings. The van der Waals surface area contributed by atoms with E-state index in [-0.39, 0.29) is 25.2 Å². The molecule has 24 heavy (non-hydrogen) atoms. The Hall–Kier alpha value is -2.54. The minimum atomic E-state index is -0.306. The van der Waals surface area contributed by atoms with Crippen molar-refractivity contribution in [2.75, 3.05) is 23.6 Å². The number of carbonyl (C=O) groups excluding carboxylic acids is 2. The Bertz CT molecular complexity index is 794. The molecule has 6 nitrogen and oxygen atoms in total. The second kappa shape index (κ2) is 6.92. The Morgan fingerprint density at radius 3 is 2.67 bits per heavy atom. The molecule has 3 rings (SSSR count). The van der Waals surface area contributed by atoms with E-state index >= 15 is 0 Å². The highest BCUT2D eigenvalue weighted by Crippen LogP contribution is 2.34. The van der Waals surface area contributed by atoms with Crippen LogP contribution in [0.25, 0.3) is 0 Å². The third kappa shape index (κ3) is 3.51. The molecule has 1 N–H and O–H groups in total. The van der Waals surface area contributed by atoms with Crippen molar-refractivity contribution in [2.45, 2.75) is 6.92 Å². The number of anilines is 2. The molecule has 0 saturated carbocycles. The number of halogens is 1. The standard InChI is InChI=1S/C17H15BrN2O4/c1-11(21)20(14-5-3-2-4-13(14)18)9-17(22)19-12-6-7-15-16(8-12)24-10-23-15/h2-8H,9-10H2,1H3,(H,19,22). The summed E-state index contributed by atoms with van der Waals surface area (Å²) >= 11 is 3.40. The average molecular weight is 391 g/mol. The summed E-state index contributed by atoms with van der Waals surface area (Å²) in [4.78, 5) is 25.7. The van der Waals surface area contributed by atoms with Crippen molar-refractivity contribution >= 4 is 39.1 Å². The van der Waals surface area contributed by atoms with Gasteiger partial charge in [-0.25, -0.2) is 0 Å². The zero-order chi connectivity index (χ0) is 17.1. The molecule has 2 aromatic carbocycles. The molecule has 124 valence electrons. The lowest BCUT2D eigenvalue weighted by molar-refractivity contribution is -0.120. The lowest BCUT2D eigenvalue weighted by Gasteiger charge is -2.22. The van der Waals surface area contributed by atoms with Crippen LogP contribution in [-0.4, -0.2) is 25.2 Å². The van der Waals surface area contributed by atoms with E-state index in [9.17, 15) is 9.59 Å². The molecule has 0 spiro atoms. The number of fused-ring (bicyclic) bond motifs is 1. The Morgan fingerprint density at radius 2 is 1.92 bits per heavy atom. The molecule has 0 unspecified atom stereocenters. The SMILES string of the molecule is CC(=O)N(CC(=O)Nc1ccc2c(c1)OCO2)c1ccccc1Br. The number of benzene rings is 2. The smallest absolute Gasteiger partial charge is 0.244 e. The number of para-hydroxylation sites is 1. The van der Waals surface area contributed by atoms with Crippen LogP contribution in [-0.2, 0) is 9.59 Å². The number of nitrogens with one attached hydrogen (secondary N) is 1. The predicted octanol–water partition coefficient (Wildman–Crippen LogP) is 3.17. The van der Waals surface area contributed by atoms with Gasteiger partial charge in [-0.3, -0.25) is 9.59 Å². The molecule has 0 saturated heterocycles. The zero-order valence-electron chi connectivity index (χ0n) is 12.9. The van der Waals surface area contributed by atoms with Gasteiger partial charge in [-0.1, -0.05) is 12.1 Å². The molecular weight excluding hydrogens is 376 g/mol.